The van der Waals surface area contributed by atoms with Gasteiger partial charge in [0, 0.05) is 23.5 Å². The number of carbonyl (C=O) groups excluding carboxylic acids is 3. The number of rotatable bonds is 5. The lowest BCUT2D eigenvalue weighted by Gasteiger charge is -2.27. The number of halogens is 1. The third-order valence-corrected chi connectivity index (χ3v) is 6.43. The fraction of sp³-hybridized carbons (Fsp3) is 0.321. The summed E-state index contributed by atoms with van der Waals surface area (Å²) in [7, 11) is 0. The van der Waals surface area contributed by atoms with Gasteiger partial charge in [0.25, 0.3) is 11.8 Å². The van der Waals surface area contributed by atoms with Gasteiger partial charge in [-0.05, 0) is 69.5 Å². The highest BCUT2D eigenvalue weighted by Gasteiger charge is 2.32. The normalized spacial score (nSPS) is 13.2. The van der Waals surface area contributed by atoms with Gasteiger partial charge in [-0.1, -0.05) is 23.7 Å². The summed E-state index contributed by atoms with van der Waals surface area (Å²) in [5.74, 6) is -2.60. The molecule has 12 heteroatoms. The average molecular weight is 569 g/mol. The molecule has 1 saturated heterocycles. The summed E-state index contributed by atoms with van der Waals surface area (Å²) in [4.78, 5) is 69.8. The minimum atomic E-state index is -1.13. The Kier molecular flexibility index (Phi) is 8.15. The highest BCUT2D eigenvalue weighted by atomic mass is 35.5. The molecule has 1 fully saturated rings. The van der Waals surface area contributed by atoms with Crippen molar-refractivity contribution in [2.45, 2.75) is 45.8 Å². The molecule has 3 aromatic rings. The Morgan fingerprint density at radius 2 is 1.73 bits per heavy atom. The number of aromatic nitrogens is 1. The Morgan fingerprint density at radius 3 is 2.33 bits per heavy atom. The van der Waals surface area contributed by atoms with Crippen molar-refractivity contribution in [1.82, 2.24) is 20.3 Å². The minimum absolute atomic E-state index is 0.0323. The molecule has 3 amide bonds. The number of nitrogens with zero attached hydrogens (tertiary/aromatic N) is 2. The van der Waals surface area contributed by atoms with E-state index in [4.69, 9.17) is 16.3 Å². The number of carboxylic acids is 1. The number of amides is 3. The largest absolute Gasteiger partial charge is 0.478 e. The number of ether oxygens (including phenoxy) is 1. The molecule has 0 bridgehead atoms. The van der Waals surface area contributed by atoms with Crippen LogP contribution in [-0.2, 0) is 11.3 Å². The topological polar surface area (TPSA) is 149 Å². The highest BCUT2D eigenvalue weighted by molar-refractivity contribution is 6.31. The molecule has 2 aromatic carbocycles. The fourth-order valence-electron chi connectivity index (χ4n) is 4.35. The van der Waals surface area contributed by atoms with Crippen LogP contribution < -0.4 is 10.9 Å². The monoisotopic (exact) mass is 568 g/mol. The van der Waals surface area contributed by atoms with Gasteiger partial charge in [-0.15, -0.1) is 0 Å². The van der Waals surface area contributed by atoms with Crippen molar-refractivity contribution in [3.8, 4) is 0 Å². The van der Waals surface area contributed by atoms with E-state index < -0.39 is 40.5 Å². The molecule has 40 heavy (non-hydrogen) atoms. The zero-order valence-electron chi connectivity index (χ0n) is 22.2. The summed E-state index contributed by atoms with van der Waals surface area (Å²) in [6.45, 7) is 5.63. The lowest BCUT2D eigenvalue weighted by molar-refractivity contribution is 0.0280. The molecule has 4 rings (SSSR count). The fourth-order valence-corrected chi connectivity index (χ4v) is 4.52. The number of H-pyrrole nitrogens is 1. The molecule has 0 aliphatic carbocycles. The summed E-state index contributed by atoms with van der Waals surface area (Å²) >= 11 is 6.12. The van der Waals surface area contributed by atoms with Gasteiger partial charge in [-0.3, -0.25) is 14.4 Å². The van der Waals surface area contributed by atoms with Crippen molar-refractivity contribution in [2.75, 3.05) is 13.1 Å². The van der Waals surface area contributed by atoms with E-state index in [0.29, 0.717) is 23.7 Å². The van der Waals surface area contributed by atoms with Crippen molar-refractivity contribution >= 4 is 46.4 Å². The first-order chi connectivity index (χ1) is 18.8. The zero-order valence-corrected chi connectivity index (χ0v) is 23.0. The van der Waals surface area contributed by atoms with Gasteiger partial charge >= 0.3 is 12.1 Å². The van der Waals surface area contributed by atoms with Gasteiger partial charge in [-0.2, -0.15) is 0 Å². The maximum absolute atomic E-state index is 14.0. The van der Waals surface area contributed by atoms with E-state index in [9.17, 15) is 29.1 Å². The Morgan fingerprint density at radius 1 is 1.07 bits per heavy atom. The number of carboxylic acid groups (broad SMARTS) is 1. The number of hydrogen-bond acceptors (Lipinski definition) is 6. The summed E-state index contributed by atoms with van der Waals surface area (Å²) < 4.78 is 5.32. The molecule has 0 unspecified atom stereocenters. The molecule has 1 aliphatic rings. The van der Waals surface area contributed by atoms with Gasteiger partial charge in [-0.25, -0.2) is 20.0 Å². The Bertz CT molecular complexity index is 1540. The quantitative estimate of drug-likeness (QED) is 0.390. The summed E-state index contributed by atoms with van der Waals surface area (Å²) in [6.07, 6.45) is 0.619. The summed E-state index contributed by atoms with van der Waals surface area (Å²) in [5.41, 5.74) is 0.877. The molecule has 0 saturated carbocycles. The Hall–Kier alpha value is -4.38. The molecule has 3 N–H and O–H groups in total. The maximum Gasteiger partial charge on any atom is 0.426 e. The van der Waals surface area contributed by atoms with Crippen molar-refractivity contribution < 1.29 is 29.0 Å². The average Bonchev–Trinajstić information content (AvgIpc) is 3.41. The molecular weight excluding hydrogens is 540 g/mol. The van der Waals surface area contributed by atoms with Crippen LogP contribution in [0.3, 0.4) is 0 Å². The van der Waals surface area contributed by atoms with E-state index >= 15 is 0 Å². The van der Waals surface area contributed by atoms with E-state index in [1.165, 1.54) is 42.5 Å². The number of fused-ring (bicyclic) bond motifs is 1. The molecular formula is C28H29ClN4O7. The Labute approximate surface area is 234 Å². The first kappa shape index (κ1) is 28.6. The van der Waals surface area contributed by atoms with E-state index in [1.807, 2.05) is 0 Å². The molecule has 0 atom stereocenters. The lowest BCUT2D eigenvalue weighted by Crippen LogP contribution is -2.49. The number of pyridine rings is 1. The van der Waals surface area contributed by atoms with Crippen molar-refractivity contribution in [1.29, 1.82) is 0 Å². The highest BCUT2D eigenvalue weighted by Crippen LogP contribution is 2.21. The lowest BCUT2D eigenvalue weighted by atomic mass is 10.1. The van der Waals surface area contributed by atoms with E-state index in [0.717, 1.165) is 17.9 Å². The van der Waals surface area contributed by atoms with Crippen LogP contribution in [0.4, 0.5) is 4.79 Å². The van der Waals surface area contributed by atoms with Crippen LogP contribution >= 0.6 is 11.6 Å². The number of hydrogen-bond donors (Lipinski definition) is 3. The van der Waals surface area contributed by atoms with Gasteiger partial charge in [0.15, 0.2) is 0 Å². The standard InChI is InChI=1S/C28H29ClN4O7/c1-28(2,3)40-27(39)31-33(15-16-6-8-17(9-7-16)26(37)38)24(35)21-22(25(36)32-12-4-5-13-32)30-20-14-18(29)10-11-19(20)23(21)34/h6-11,14H,4-5,12-13,15H2,1-3H3,(H,30,34)(H,31,39)(H,37,38). The van der Waals surface area contributed by atoms with Crippen molar-refractivity contribution in [3.05, 3.63) is 80.1 Å². The molecule has 210 valence electrons. The van der Waals surface area contributed by atoms with Crippen LogP contribution in [0, 0.1) is 0 Å². The van der Waals surface area contributed by atoms with E-state index in [-0.39, 0.29) is 28.7 Å². The van der Waals surface area contributed by atoms with Crippen molar-refractivity contribution in [2.24, 2.45) is 0 Å². The third kappa shape index (κ3) is 6.42. The maximum atomic E-state index is 14.0. The van der Waals surface area contributed by atoms with Crippen LogP contribution in [0.25, 0.3) is 10.9 Å². The number of nitrogens with one attached hydrogen (secondary N) is 2. The number of aromatic carboxylic acids is 1. The van der Waals surface area contributed by atoms with Crippen LogP contribution in [-0.4, -0.2) is 62.6 Å². The second-order valence-electron chi connectivity index (χ2n) is 10.4. The first-order valence-electron chi connectivity index (χ1n) is 12.6. The van der Waals surface area contributed by atoms with Crippen LogP contribution in [0.5, 0.6) is 0 Å². The summed E-state index contributed by atoms with van der Waals surface area (Å²) in [5, 5.41) is 10.5. The molecule has 0 radical (unpaired) electrons. The zero-order chi connectivity index (χ0) is 29.2. The van der Waals surface area contributed by atoms with Crippen LogP contribution in [0.2, 0.25) is 5.02 Å². The first-order valence-corrected chi connectivity index (χ1v) is 13.0. The molecule has 1 aromatic heterocycles. The van der Waals surface area contributed by atoms with E-state index in [2.05, 4.69) is 10.4 Å². The predicted octanol–water partition coefficient (Wildman–Crippen LogP) is 4.20. The Balaban J connectivity index is 1.82. The summed E-state index contributed by atoms with van der Waals surface area (Å²) in [6, 6.07) is 10.1. The third-order valence-electron chi connectivity index (χ3n) is 6.20. The SMILES string of the molecule is CC(C)(C)OC(=O)NN(Cc1ccc(C(=O)O)cc1)C(=O)c1c(C(=O)N2CCCC2)[nH]c2cc(Cl)ccc2c1=O. The predicted molar refractivity (Wildman–Crippen MR) is 147 cm³/mol. The smallest absolute Gasteiger partial charge is 0.426 e. The number of carbonyl (C=O) groups is 4. The number of aromatic amines is 1. The molecule has 2 heterocycles. The number of benzene rings is 2. The second-order valence-corrected chi connectivity index (χ2v) is 10.8. The van der Waals surface area contributed by atoms with Gasteiger partial charge in [0.2, 0.25) is 5.43 Å². The molecule has 11 nitrogen and oxygen atoms in total. The minimum Gasteiger partial charge on any atom is -0.478 e. The number of hydrazine groups is 1. The van der Waals surface area contributed by atoms with Crippen LogP contribution in [0.15, 0.2) is 47.3 Å². The van der Waals surface area contributed by atoms with Gasteiger partial charge in [0.1, 0.15) is 16.9 Å². The molecule has 1 aliphatic heterocycles. The van der Waals surface area contributed by atoms with Gasteiger partial charge < -0.3 is 19.7 Å². The van der Waals surface area contributed by atoms with Gasteiger partial charge in [0.05, 0.1) is 17.6 Å². The van der Waals surface area contributed by atoms with Crippen molar-refractivity contribution in [3.63, 3.8) is 0 Å². The van der Waals surface area contributed by atoms with E-state index in [1.54, 1.807) is 25.7 Å². The number of likely N-dealkylation sites (tertiary alicyclic amines) is 1. The van der Waals surface area contributed by atoms with Crippen LogP contribution in [0.1, 0.15) is 70.4 Å². The second kappa shape index (κ2) is 11.4. The molecule has 0 spiro atoms.